The summed E-state index contributed by atoms with van der Waals surface area (Å²) in [7, 11) is 3.29. The number of amides is 1. The minimum Gasteiger partial charge on any atom is -0.497 e. The van der Waals surface area contributed by atoms with Crippen molar-refractivity contribution in [3.8, 4) is 5.75 Å². The van der Waals surface area contributed by atoms with E-state index < -0.39 is 40.8 Å². The van der Waals surface area contributed by atoms with Crippen LogP contribution in [0.1, 0.15) is 50.2 Å². The number of benzene rings is 2. The molecule has 204 valence electrons. The molecule has 2 aromatic carbocycles. The zero-order valence-corrected chi connectivity index (χ0v) is 21.8. The highest BCUT2D eigenvalue weighted by Gasteiger charge is 2.61. The summed E-state index contributed by atoms with van der Waals surface area (Å²) in [5.74, 6) is -0.987. The van der Waals surface area contributed by atoms with Crippen LogP contribution in [0, 0.1) is 0 Å². The van der Waals surface area contributed by atoms with Gasteiger partial charge in [0.05, 0.1) is 13.3 Å². The third kappa shape index (κ3) is 5.43. The normalized spacial score (nSPS) is 26.3. The number of likely N-dealkylation sites (N-methyl/N-ethyl adjacent to an activating group) is 1. The van der Waals surface area contributed by atoms with Crippen LogP contribution in [0.15, 0.2) is 60.2 Å². The molecule has 0 aromatic heterocycles. The molecule has 4 rings (SSSR count). The maximum atomic E-state index is 14.0. The summed E-state index contributed by atoms with van der Waals surface area (Å²) in [5, 5.41) is 2.65. The van der Waals surface area contributed by atoms with E-state index in [0.29, 0.717) is 18.6 Å². The fraction of sp³-hybridized carbons (Fsp3) is 0.448. The number of carbonyl (C=O) groups is 2. The predicted octanol–water partition coefficient (Wildman–Crippen LogP) is 5.23. The van der Waals surface area contributed by atoms with Crippen LogP contribution in [-0.2, 0) is 19.7 Å². The van der Waals surface area contributed by atoms with Gasteiger partial charge in [-0.15, -0.1) is 0 Å². The first-order chi connectivity index (χ1) is 18.0. The Bertz CT molecular complexity index is 1200. The molecule has 38 heavy (non-hydrogen) atoms. The fourth-order valence-corrected chi connectivity index (χ4v) is 6.11. The van der Waals surface area contributed by atoms with E-state index in [1.807, 2.05) is 24.3 Å². The van der Waals surface area contributed by atoms with Gasteiger partial charge in [0.1, 0.15) is 16.9 Å². The van der Waals surface area contributed by atoms with Crippen LogP contribution in [0.2, 0.25) is 0 Å². The van der Waals surface area contributed by atoms with E-state index in [9.17, 15) is 22.8 Å². The monoisotopic (exact) mass is 530 g/mol. The molecule has 1 saturated carbocycles. The summed E-state index contributed by atoms with van der Waals surface area (Å²) < 4.78 is 53.5. The quantitative estimate of drug-likeness (QED) is 0.409. The van der Waals surface area contributed by atoms with E-state index in [-0.39, 0.29) is 18.5 Å². The van der Waals surface area contributed by atoms with Crippen molar-refractivity contribution in [1.82, 2.24) is 10.2 Å². The van der Waals surface area contributed by atoms with Crippen LogP contribution in [0.25, 0.3) is 6.08 Å². The number of esters is 1. The lowest BCUT2D eigenvalue weighted by molar-refractivity contribution is -0.190. The third-order valence-electron chi connectivity index (χ3n) is 7.80. The first-order valence-corrected chi connectivity index (χ1v) is 12.7. The number of nitrogens with one attached hydrogen (secondary N) is 1. The zero-order valence-electron chi connectivity index (χ0n) is 21.8. The number of alkyl halides is 3. The van der Waals surface area contributed by atoms with Gasteiger partial charge in [-0.2, -0.15) is 13.2 Å². The topological polar surface area (TPSA) is 67.9 Å². The van der Waals surface area contributed by atoms with Gasteiger partial charge in [-0.05, 0) is 62.1 Å². The molecular formula is C29H33F3N2O4. The molecule has 1 amide bonds. The summed E-state index contributed by atoms with van der Waals surface area (Å²) in [4.78, 5) is 27.2. The molecule has 9 heteroatoms. The number of ether oxygens (including phenoxy) is 2. The van der Waals surface area contributed by atoms with Crippen LogP contribution < -0.4 is 10.1 Å². The van der Waals surface area contributed by atoms with E-state index in [0.717, 1.165) is 24.5 Å². The Morgan fingerprint density at radius 1 is 1.08 bits per heavy atom. The van der Waals surface area contributed by atoms with Crippen molar-refractivity contribution in [3.05, 3.63) is 71.3 Å². The molecule has 1 unspecified atom stereocenters. The lowest BCUT2D eigenvalue weighted by Gasteiger charge is -2.59. The molecule has 0 spiro atoms. The Morgan fingerprint density at radius 3 is 2.45 bits per heavy atom. The van der Waals surface area contributed by atoms with E-state index >= 15 is 0 Å². The van der Waals surface area contributed by atoms with E-state index in [1.54, 1.807) is 37.3 Å². The number of rotatable bonds is 6. The SMILES string of the molecule is COc1cccc([C@@]23CCCCC2(OC(C)=O)CN(C)[C@H](NC(=O)C(=Cc2ccccc2)C(F)(F)F)C3)c1. The van der Waals surface area contributed by atoms with E-state index in [1.165, 1.54) is 19.1 Å². The van der Waals surface area contributed by atoms with Gasteiger partial charge in [-0.3, -0.25) is 14.5 Å². The van der Waals surface area contributed by atoms with Crippen molar-refractivity contribution in [2.45, 2.75) is 62.4 Å². The molecule has 1 heterocycles. The average Bonchev–Trinajstić information content (AvgIpc) is 2.87. The summed E-state index contributed by atoms with van der Waals surface area (Å²) >= 11 is 0. The summed E-state index contributed by atoms with van der Waals surface area (Å²) in [5.41, 5.74) is -1.74. The Balaban J connectivity index is 1.73. The van der Waals surface area contributed by atoms with Crippen molar-refractivity contribution >= 4 is 18.0 Å². The van der Waals surface area contributed by atoms with Gasteiger partial charge in [0.15, 0.2) is 0 Å². The highest BCUT2D eigenvalue weighted by Crippen LogP contribution is 2.55. The molecule has 1 saturated heterocycles. The van der Waals surface area contributed by atoms with Crippen molar-refractivity contribution in [3.63, 3.8) is 0 Å². The number of methoxy groups -OCH3 is 1. The third-order valence-corrected chi connectivity index (χ3v) is 7.80. The van der Waals surface area contributed by atoms with Crippen molar-refractivity contribution in [2.75, 3.05) is 20.7 Å². The number of nitrogens with zero attached hydrogens (tertiary/aromatic N) is 1. The largest absolute Gasteiger partial charge is 0.497 e. The Labute approximate surface area is 220 Å². The van der Waals surface area contributed by atoms with Gasteiger partial charge in [0.25, 0.3) is 5.91 Å². The fourth-order valence-electron chi connectivity index (χ4n) is 6.11. The molecule has 0 radical (unpaired) electrons. The second-order valence-electron chi connectivity index (χ2n) is 10.2. The zero-order chi connectivity index (χ0) is 27.6. The van der Waals surface area contributed by atoms with Crippen molar-refractivity contribution < 1.29 is 32.2 Å². The molecule has 2 fully saturated rings. The van der Waals surface area contributed by atoms with Crippen LogP contribution >= 0.6 is 0 Å². The number of piperidine rings is 1. The molecule has 2 aliphatic rings. The maximum absolute atomic E-state index is 14.0. The number of carbonyl (C=O) groups excluding carboxylic acids is 2. The second-order valence-corrected chi connectivity index (χ2v) is 10.2. The van der Waals surface area contributed by atoms with Crippen LogP contribution in [-0.4, -0.2) is 55.4 Å². The highest BCUT2D eigenvalue weighted by molar-refractivity contribution is 5.99. The van der Waals surface area contributed by atoms with E-state index in [2.05, 4.69) is 5.32 Å². The van der Waals surface area contributed by atoms with Crippen molar-refractivity contribution in [1.29, 1.82) is 0 Å². The number of hydrogen-bond acceptors (Lipinski definition) is 5. The van der Waals surface area contributed by atoms with E-state index in [4.69, 9.17) is 9.47 Å². The summed E-state index contributed by atoms with van der Waals surface area (Å²) in [6, 6.07) is 15.4. The van der Waals surface area contributed by atoms with Crippen LogP contribution in [0.5, 0.6) is 5.75 Å². The number of likely N-dealkylation sites (tertiary alicyclic amines) is 1. The minimum absolute atomic E-state index is 0.262. The van der Waals surface area contributed by atoms with Gasteiger partial charge in [0, 0.05) is 18.9 Å². The molecule has 1 aliphatic heterocycles. The maximum Gasteiger partial charge on any atom is 0.421 e. The summed E-state index contributed by atoms with van der Waals surface area (Å²) in [6.07, 6.45) is -1.47. The summed E-state index contributed by atoms with van der Waals surface area (Å²) in [6.45, 7) is 1.63. The Hall–Kier alpha value is -3.33. The highest BCUT2D eigenvalue weighted by atomic mass is 19.4. The molecule has 0 bridgehead atoms. The van der Waals surface area contributed by atoms with Gasteiger partial charge < -0.3 is 14.8 Å². The standard InChI is InChI=1S/C29H33F3N2O4/c1-20(35)38-28-15-8-7-14-27(28,22-12-9-13-23(17-22)37-3)18-25(34(2)19-28)33-26(36)24(29(30,31)32)16-21-10-5-4-6-11-21/h4-6,9-13,16-17,25H,7-8,14-15,18-19H2,1-3H3,(H,33,36)/t25-,27-,28?/m0/s1. The number of hydrogen-bond donors (Lipinski definition) is 1. The first-order valence-electron chi connectivity index (χ1n) is 12.7. The lowest BCUT2D eigenvalue weighted by atomic mass is 9.55. The second kappa shape index (κ2) is 10.8. The first kappa shape index (κ1) is 27.7. The molecule has 2 aromatic rings. The molecule has 3 atom stereocenters. The Kier molecular flexibility index (Phi) is 7.88. The van der Waals surface area contributed by atoms with Crippen molar-refractivity contribution in [2.24, 2.45) is 0 Å². The lowest BCUT2D eigenvalue weighted by Crippen LogP contribution is -2.70. The molecule has 6 nitrogen and oxygen atoms in total. The molecule has 1 aliphatic carbocycles. The molecule has 1 N–H and O–H groups in total. The minimum atomic E-state index is -4.84. The Morgan fingerprint density at radius 2 is 1.79 bits per heavy atom. The smallest absolute Gasteiger partial charge is 0.421 e. The van der Waals surface area contributed by atoms with Gasteiger partial charge in [-0.25, -0.2) is 0 Å². The van der Waals surface area contributed by atoms with Gasteiger partial charge in [-0.1, -0.05) is 48.9 Å². The number of halogens is 3. The van der Waals surface area contributed by atoms with Crippen LogP contribution in [0.4, 0.5) is 13.2 Å². The molecular weight excluding hydrogens is 497 g/mol. The van der Waals surface area contributed by atoms with Gasteiger partial charge in [0.2, 0.25) is 0 Å². The predicted molar refractivity (Wildman–Crippen MR) is 137 cm³/mol. The van der Waals surface area contributed by atoms with Crippen LogP contribution in [0.3, 0.4) is 0 Å². The number of fused-ring (bicyclic) bond motifs is 1. The average molecular weight is 531 g/mol. The van der Waals surface area contributed by atoms with Gasteiger partial charge >= 0.3 is 12.1 Å².